The van der Waals surface area contributed by atoms with Crippen molar-refractivity contribution >= 4 is 11.8 Å². The highest BCUT2D eigenvalue weighted by Gasteiger charge is 2.26. The van der Waals surface area contributed by atoms with Crippen molar-refractivity contribution in [3.63, 3.8) is 0 Å². The highest BCUT2D eigenvalue weighted by atomic mass is 16.2. The van der Waals surface area contributed by atoms with E-state index in [1.165, 1.54) is 24.0 Å². The number of fused-ring (bicyclic) bond motifs is 1. The lowest BCUT2D eigenvalue weighted by Gasteiger charge is -2.27. The zero-order valence-corrected chi connectivity index (χ0v) is 17.8. The van der Waals surface area contributed by atoms with Gasteiger partial charge in [-0.15, -0.1) is 0 Å². The summed E-state index contributed by atoms with van der Waals surface area (Å²) in [7, 11) is 0. The number of benzene rings is 2. The Hall–Kier alpha value is -2.62. The van der Waals surface area contributed by atoms with Crippen LogP contribution in [0.25, 0.3) is 0 Å². The third-order valence-corrected chi connectivity index (χ3v) is 5.76. The van der Waals surface area contributed by atoms with Gasteiger partial charge in [-0.2, -0.15) is 0 Å². The van der Waals surface area contributed by atoms with E-state index in [1.807, 2.05) is 51.1 Å². The Morgan fingerprint density at radius 1 is 1.00 bits per heavy atom. The van der Waals surface area contributed by atoms with E-state index < -0.39 is 11.8 Å². The molecule has 0 spiro atoms. The molecule has 0 radical (unpaired) electrons. The minimum atomic E-state index is -0.529. The molecular formula is C25H32N2O2. The molecular weight excluding hydrogens is 360 g/mol. The van der Waals surface area contributed by atoms with E-state index in [1.54, 1.807) is 4.90 Å². The Labute approximate surface area is 174 Å². The average molecular weight is 393 g/mol. The van der Waals surface area contributed by atoms with Crippen molar-refractivity contribution < 1.29 is 9.59 Å². The van der Waals surface area contributed by atoms with Crippen LogP contribution in [0.5, 0.6) is 0 Å². The largest absolute Gasteiger partial charge is 0.341 e. The number of carbonyl (C=O) groups excluding carboxylic acids is 2. The molecule has 0 heterocycles. The molecule has 4 nitrogen and oxygen atoms in total. The summed E-state index contributed by atoms with van der Waals surface area (Å²) in [6, 6.07) is 16.1. The lowest BCUT2D eigenvalue weighted by atomic mass is 9.89. The van der Waals surface area contributed by atoms with E-state index in [-0.39, 0.29) is 12.1 Å². The van der Waals surface area contributed by atoms with Crippen LogP contribution in [0.3, 0.4) is 0 Å². The minimum Gasteiger partial charge on any atom is -0.341 e. The van der Waals surface area contributed by atoms with Crippen LogP contribution in [0.1, 0.15) is 68.3 Å². The Bertz CT molecular complexity index is 845. The molecule has 1 N–H and O–H groups in total. The maximum atomic E-state index is 12.9. The van der Waals surface area contributed by atoms with E-state index in [2.05, 4.69) is 23.5 Å². The predicted molar refractivity (Wildman–Crippen MR) is 116 cm³/mol. The summed E-state index contributed by atoms with van der Waals surface area (Å²) >= 11 is 0. The molecule has 2 aromatic carbocycles. The Morgan fingerprint density at radius 2 is 1.69 bits per heavy atom. The first-order valence-corrected chi connectivity index (χ1v) is 10.8. The highest BCUT2D eigenvalue weighted by Crippen LogP contribution is 2.26. The van der Waals surface area contributed by atoms with Gasteiger partial charge in [0, 0.05) is 12.6 Å². The summed E-state index contributed by atoms with van der Waals surface area (Å²) in [6.45, 7) is 6.35. The number of hydrogen-bond acceptors (Lipinski definition) is 2. The van der Waals surface area contributed by atoms with Gasteiger partial charge >= 0.3 is 11.8 Å². The lowest BCUT2D eigenvalue weighted by molar-refractivity contribution is -0.147. The molecule has 1 aliphatic rings. The second kappa shape index (κ2) is 9.73. The molecule has 0 aromatic heterocycles. The van der Waals surface area contributed by atoms with Crippen molar-refractivity contribution in [2.24, 2.45) is 0 Å². The van der Waals surface area contributed by atoms with E-state index in [0.717, 1.165) is 30.4 Å². The van der Waals surface area contributed by atoms with Gasteiger partial charge < -0.3 is 10.2 Å². The monoisotopic (exact) mass is 392 g/mol. The van der Waals surface area contributed by atoms with Crippen LogP contribution in [0.15, 0.2) is 48.5 Å². The predicted octanol–water partition coefficient (Wildman–Crippen LogP) is 4.57. The summed E-state index contributed by atoms with van der Waals surface area (Å²) in [4.78, 5) is 27.4. The fourth-order valence-electron chi connectivity index (χ4n) is 4.01. The van der Waals surface area contributed by atoms with Gasteiger partial charge in [-0.1, -0.05) is 55.5 Å². The van der Waals surface area contributed by atoms with Crippen molar-refractivity contribution in [1.29, 1.82) is 0 Å². The summed E-state index contributed by atoms with van der Waals surface area (Å²) < 4.78 is 0. The molecule has 4 heteroatoms. The molecule has 3 rings (SSSR count). The maximum absolute atomic E-state index is 12.9. The molecule has 1 atom stereocenters. The van der Waals surface area contributed by atoms with Gasteiger partial charge in [0.05, 0.1) is 6.04 Å². The highest BCUT2D eigenvalue weighted by molar-refractivity contribution is 6.35. The Balaban J connectivity index is 1.71. The maximum Gasteiger partial charge on any atom is 0.312 e. The molecule has 0 aliphatic heterocycles. The van der Waals surface area contributed by atoms with Crippen LogP contribution in [0, 0.1) is 0 Å². The molecule has 154 valence electrons. The van der Waals surface area contributed by atoms with Crippen LogP contribution in [-0.4, -0.2) is 22.8 Å². The molecule has 0 bridgehead atoms. The van der Waals surface area contributed by atoms with E-state index >= 15 is 0 Å². The second-order valence-corrected chi connectivity index (χ2v) is 8.18. The van der Waals surface area contributed by atoms with Crippen molar-refractivity contribution in [3.8, 4) is 0 Å². The van der Waals surface area contributed by atoms with Gasteiger partial charge in [0.1, 0.15) is 0 Å². The van der Waals surface area contributed by atoms with Gasteiger partial charge in [-0.05, 0) is 68.2 Å². The Morgan fingerprint density at radius 3 is 2.34 bits per heavy atom. The summed E-state index contributed by atoms with van der Waals surface area (Å²) in [5, 5.41) is 2.98. The number of amides is 2. The molecule has 1 aliphatic carbocycles. The van der Waals surface area contributed by atoms with Crippen LogP contribution < -0.4 is 5.32 Å². The van der Waals surface area contributed by atoms with E-state index in [9.17, 15) is 9.59 Å². The van der Waals surface area contributed by atoms with Gasteiger partial charge in [-0.3, -0.25) is 9.59 Å². The van der Waals surface area contributed by atoms with Gasteiger partial charge in [0.15, 0.2) is 0 Å². The number of hydrogen-bond donors (Lipinski definition) is 1. The van der Waals surface area contributed by atoms with Crippen LogP contribution in [0.4, 0.5) is 0 Å². The normalized spacial score (nSPS) is 14.2. The van der Waals surface area contributed by atoms with Crippen LogP contribution in [-0.2, 0) is 29.0 Å². The quantitative estimate of drug-likeness (QED) is 0.732. The first-order valence-electron chi connectivity index (χ1n) is 10.8. The first kappa shape index (κ1) is 21.1. The minimum absolute atomic E-state index is 0.0581. The number of carbonyl (C=O) groups is 2. The fourth-order valence-corrected chi connectivity index (χ4v) is 4.01. The molecule has 1 unspecified atom stereocenters. The van der Waals surface area contributed by atoms with Gasteiger partial charge in [0.2, 0.25) is 0 Å². The molecule has 0 saturated heterocycles. The number of nitrogens with zero attached hydrogens (tertiary/aromatic N) is 1. The fraction of sp³-hybridized carbons (Fsp3) is 0.440. The summed E-state index contributed by atoms with van der Waals surface area (Å²) in [6.07, 6.45) is 5.46. The number of rotatable bonds is 6. The molecule has 0 fully saturated rings. The summed E-state index contributed by atoms with van der Waals surface area (Å²) in [5.74, 6) is -1.00. The van der Waals surface area contributed by atoms with Gasteiger partial charge in [-0.25, -0.2) is 0 Å². The van der Waals surface area contributed by atoms with E-state index in [0.29, 0.717) is 6.54 Å². The molecule has 0 saturated carbocycles. The zero-order valence-electron chi connectivity index (χ0n) is 17.8. The van der Waals surface area contributed by atoms with Crippen LogP contribution >= 0.6 is 0 Å². The molecule has 2 aromatic rings. The second-order valence-electron chi connectivity index (χ2n) is 8.18. The molecule has 2 amide bonds. The third-order valence-electron chi connectivity index (χ3n) is 5.76. The lowest BCUT2D eigenvalue weighted by Crippen LogP contribution is -2.46. The standard InChI is InChI=1S/C25H32N2O2/c1-4-23(22-15-14-20-12-8-9-13-21(20)16-22)26-24(28)25(29)27(18(2)3)17-19-10-6-5-7-11-19/h5-7,10-11,14-16,18,23H,4,8-9,12-13,17H2,1-3H3,(H,26,28). The van der Waals surface area contributed by atoms with Crippen molar-refractivity contribution in [2.75, 3.05) is 0 Å². The smallest absolute Gasteiger partial charge is 0.312 e. The Kier molecular flexibility index (Phi) is 7.08. The zero-order chi connectivity index (χ0) is 20.8. The van der Waals surface area contributed by atoms with Gasteiger partial charge in [0.25, 0.3) is 0 Å². The van der Waals surface area contributed by atoms with E-state index in [4.69, 9.17) is 0 Å². The molecule has 29 heavy (non-hydrogen) atoms. The SMILES string of the molecule is CCC(NC(=O)C(=O)N(Cc1ccccc1)C(C)C)c1ccc2c(c1)CCCC2. The summed E-state index contributed by atoms with van der Waals surface area (Å²) in [5.41, 5.74) is 4.92. The topological polar surface area (TPSA) is 49.4 Å². The van der Waals surface area contributed by atoms with Crippen molar-refractivity contribution in [1.82, 2.24) is 10.2 Å². The van der Waals surface area contributed by atoms with Crippen molar-refractivity contribution in [3.05, 3.63) is 70.8 Å². The number of nitrogens with one attached hydrogen (secondary N) is 1. The average Bonchev–Trinajstić information content (AvgIpc) is 2.75. The third kappa shape index (κ3) is 5.26. The number of aryl methyl sites for hydroxylation is 2. The van der Waals surface area contributed by atoms with Crippen LogP contribution in [0.2, 0.25) is 0 Å². The first-order chi connectivity index (χ1) is 14.0. The van der Waals surface area contributed by atoms with Crippen molar-refractivity contribution in [2.45, 2.75) is 71.5 Å².